The lowest BCUT2D eigenvalue weighted by Gasteiger charge is -2.18. The first-order valence-electron chi connectivity index (χ1n) is 7.48. The molecule has 24 heavy (non-hydrogen) atoms. The maximum absolute atomic E-state index is 13.3. The van der Waals surface area contributed by atoms with Crippen molar-refractivity contribution >= 4 is 17.8 Å². The molecule has 0 saturated heterocycles. The Hall–Kier alpha value is -2.57. The van der Waals surface area contributed by atoms with Gasteiger partial charge in [0.05, 0.1) is 11.3 Å². The summed E-state index contributed by atoms with van der Waals surface area (Å²) in [6.45, 7) is 1.73. The monoisotopic (exact) mass is 334 g/mol. The second-order valence-corrected chi connectivity index (χ2v) is 6.00. The molecule has 0 aliphatic heterocycles. The van der Waals surface area contributed by atoms with E-state index in [2.05, 4.69) is 9.97 Å². The zero-order valence-corrected chi connectivity index (χ0v) is 13.1. The number of allylic oxidation sites excluding steroid dienone is 1. The first-order valence-corrected chi connectivity index (χ1v) is 7.48. The number of hydrogen-bond donors (Lipinski definition) is 2. The summed E-state index contributed by atoms with van der Waals surface area (Å²) in [7, 11) is 0. The molecular weight excluding hydrogens is 317 g/mol. The Bertz CT molecular complexity index is 785. The fourth-order valence-electron chi connectivity index (χ4n) is 2.90. The minimum atomic E-state index is -4.38. The van der Waals surface area contributed by atoms with Gasteiger partial charge >= 0.3 is 6.18 Å². The SMILES string of the molecule is Cc1nc(N)nc(N)c1C=CC1(c2ccccc2C(F)(F)F)CC1. The molecule has 0 atom stereocenters. The lowest BCUT2D eigenvalue weighted by Crippen LogP contribution is -2.14. The topological polar surface area (TPSA) is 77.8 Å². The number of aromatic nitrogens is 2. The van der Waals surface area contributed by atoms with Crippen molar-refractivity contribution in [3.63, 3.8) is 0 Å². The molecule has 1 saturated carbocycles. The van der Waals surface area contributed by atoms with Crippen LogP contribution in [0.4, 0.5) is 24.9 Å². The average Bonchev–Trinajstić information content (AvgIpc) is 3.26. The smallest absolute Gasteiger partial charge is 0.383 e. The number of rotatable bonds is 3. The molecule has 0 unspecified atom stereocenters. The third-order valence-corrected chi connectivity index (χ3v) is 4.31. The van der Waals surface area contributed by atoms with Gasteiger partial charge in [-0.1, -0.05) is 30.4 Å². The van der Waals surface area contributed by atoms with Crippen molar-refractivity contribution in [2.24, 2.45) is 0 Å². The van der Waals surface area contributed by atoms with Crippen LogP contribution >= 0.6 is 0 Å². The van der Waals surface area contributed by atoms with Crippen LogP contribution in [0, 0.1) is 6.92 Å². The Morgan fingerprint density at radius 1 is 1.12 bits per heavy atom. The predicted molar refractivity (Wildman–Crippen MR) is 87.0 cm³/mol. The summed E-state index contributed by atoms with van der Waals surface area (Å²) in [5.41, 5.74) is 11.6. The number of halogens is 3. The normalized spacial score (nSPS) is 16.5. The van der Waals surface area contributed by atoms with Crippen LogP contribution in [0.25, 0.3) is 6.08 Å². The molecule has 2 aromatic rings. The maximum Gasteiger partial charge on any atom is 0.416 e. The fourth-order valence-corrected chi connectivity index (χ4v) is 2.90. The molecule has 0 amide bonds. The average molecular weight is 334 g/mol. The Balaban J connectivity index is 2.00. The van der Waals surface area contributed by atoms with E-state index in [4.69, 9.17) is 11.5 Å². The van der Waals surface area contributed by atoms with Crippen molar-refractivity contribution in [1.29, 1.82) is 0 Å². The third-order valence-electron chi connectivity index (χ3n) is 4.31. The van der Waals surface area contributed by atoms with Crippen LogP contribution < -0.4 is 11.5 Å². The van der Waals surface area contributed by atoms with Gasteiger partial charge in [-0.05, 0) is 31.4 Å². The highest BCUT2D eigenvalue weighted by molar-refractivity contribution is 5.66. The van der Waals surface area contributed by atoms with Crippen molar-refractivity contribution in [3.05, 3.63) is 52.7 Å². The molecule has 7 heteroatoms. The van der Waals surface area contributed by atoms with E-state index in [0.29, 0.717) is 29.7 Å². The summed E-state index contributed by atoms with van der Waals surface area (Å²) in [5, 5.41) is 0. The largest absolute Gasteiger partial charge is 0.416 e. The van der Waals surface area contributed by atoms with Gasteiger partial charge in [0.2, 0.25) is 5.95 Å². The molecule has 4 N–H and O–H groups in total. The fraction of sp³-hybridized carbons (Fsp3) is 0.294. The van der Waals surface area contributed by atoms with Crippen LogP contribution in [0.15, 0.2) is 30.3 Å². The molecule has 1 aromatic carbocycles. The number of nitrogen functional groups attached to an aromatic ring is 2. The van der Waals surface area contributed by atoms with E-state index in [1.807, 2.05) is 0 Å². The Kier molecular flexibility index (Phi) is 3.74. The standard InChI is InChI=1S/C17H17F3N4/c1-10-11(14(21)24-15(22)23-10)6-7-16(8-9-16)12-4-2-3-5-13(12)17(18,19)20/h2-7H,8-9H2,1H3,(H4,21,22,23,24). The second-order valence-electron chi connectivity index (χ2n) is 6.00. The van der Waals surface area contributed by atoms with E-state index >= 15 is 0 Å². The van der Waals surface area contributed by atoms with Crippen molar-refractivity contribution in [3.8, 4) is 0 Å². The summed E-state index contributed by atoms with van der Waals surface area (Å²) in [4.78, 5) is 7.94. The van der Waals surface area contributed by atoms with E-state index in [1.54, 1.807) is 25.1 Å². The van der Waals surface area contributed by atoms with Gasteiger partial charge < -0.3 is 11.5 Å². The molecule has 3 rings (SSSR count). The van der Waals surface area contributed by atoms with E-state index < -0.39 is 17.2 Å². The molecule has 4 nitrogen and oxygen atoms in total. The van der Waals surface area contributed by atoms with Crippen LogP contribution in [-0.4, -0.2) is 9.97 Å². The summed E-state index contributed by atoms with van der Waals surface area (Å²) >= 11 is 0. The number of aryl methyl sites for hydroxylation is 1. The molecule has 1 aromatic heterocycles. The highest BCUT2D eigenvalue weighted by Gasteiger charge is 2.47. The predicted octanol–water partition coefficient (Wildman–Crippen LogP) is 3.71. The maximum atomic E-state index is 13.3. The molecule has 1 fully saturated rings. The van der Waals surface area contributed by atoms with Gasteiger partial charge in [-0.15, -0.1) is 0 Å². The van der Waals surface area contributed by atoms with E-state index in [0.717, 1.165) is 6.07 Å². The molecule has 1 aliphatic carbocycles. The van der Waals surface area contributed by atoms with Gasteiger partial charge in [0.15, 0.2) is 0 Å². The zero-order chi connectivity index (χ0) is 17.5. The van der Waals surface area contributed by atoms with E-state index in [-0.39, 0.29) is 11.8 Å². The minimum Gasteiger partial charge on any atom is -0.383 e. The highest BCUT2D eigenvalue weighted by atomic mass is 19.4. The number of benzene rings is 1. The van der Waals surface area contributed by atoms with Crippen molar-refractivity contribution < 1.29 is 13.2 Å². The summed E-state index contributed by atoms with van der Waals surface area (Å²) in [6, 6.07) is 5.69. The first kappa shape index (κ1) is 16.3. The van der Waals surface area contributed by atoms with Gasteiger partial charge in [0.25, 0.3) is 0 Å². The second kappa shape index (κ2) is 5.51. The van der Waals surface area contributed by atoms with Crippen molar-refractivity contribution in [1.82, 2.24) is 9.97 Å². The molecule has 1 aliphatic rings. The van der Waals surface area contributed by atoms with Gasteiger partial charge in [-0.2, -0.15) is 18.2 Å². The number of alkyl halides is 3. The van der Waals surface area contributed by atoms with Gasteiger partial charge in [0.1, 0.15) is 5.82 Å². The highest BCUT2D eigenvalue weighted by Crippen LogP contribution is 2.53. The van der Waals surface area contributed by atoms with Crippen LogP contribution in [0.1, 0.15) is 35.2 Å². The number of anilines is 2. The van der Waals surface area contributed by atoms with Gasteiger partial charge in [-0.25, -0.2) is 4.98 Å². The molecule has 0 bridgehead atoms. The van der Waals surface area contributed by atoms with Crippen LogP contribution in [0.2, 0.25) is 0 Å². The van der Waals surface area contributed by atoms with Crippen LogP contribution in [0.5, 0.6) is 0 Å². The summed E-state index contributed by atoms with van der Waals surface area (Å²) in [5.74, 6) is 0.293. The van der Waals surface area contributed by atoms with Crippen molar-refractivity contribution in [2.45, 2.75) is 31.4 Å². The Labute approximate surface area is 137 Å². The van der Waals surface area contributed by atoms with Crippen molar-refractivity contribution in [2.75, 3.05) is 11.5 Å². The third kappa shape index (κ3) is 2.93. The minimum absolute atomic E-state index is 0.0747. The van der Waals surface area contributed by atoms with E-state index in [9.17, 15) is 13.2 Å². The Morgan fingerprint density at radius 2 is 1.79 bits per heavy atom. The van der Waals surface area contributed by atoms with Gasteiger partial charge in [0, 0.05) is 11.0 Å². The molecule has 126 valence electrons. The number of nitrogens with zero attached hydrogens (tertiary/aromatic N) is 2. The quantitative estimate of drug-likeness (QED) is 0.897. The lowest BCUT2D eigenvalue weighted by molar-refractivity contribution is -0.138. The molecule has 0 radical (unpaired) electrons. The summed E-state index contributed by atoms with van der Waals surface area (Å²) < 4.78 is 39.8. The van der Waals surface area contributed by atoms with Gasteiger partial charge in [-0.3, -0.25) is 0 Å². The molecular formula is C17H17F3N4. The lowest BCUT2D eigenvalue weighted by atomic mass is 9.90. The van der Waals surface area contributed by atoms with Crippen LogP contribution in [0.3, 0.4) is 0 Å². The first-order chi connectivity index (χ1) is 11.2. The number of hydrogen-bond acceptors (Lipinski definition) is 4. The molecule has 1 heterocycles. The zero-order valence-electron chi connectivity index (χ0n) is 13.1. The molecule has 0 spiro atoms. The number of nitrogens with two attached hydrogens (primary N) is 2. The Morgan fingerprint density at radius 3 is 2.38 bits per heavy atom. The van der Waals surface area contributed by atoms with Crippen LogP contribution in [-0.2, 0) is 11.6 Å². The summed E-state index contributed by atoms with van der Waals surface area (Å²) in [6.07, 6.45) is 0.413. The van der Waals surface area contributed by atoms with E-state index in [1.165, 1.54) is 12.1 Å².